The summed E-state index contributed by atoms with van der Waals surface area (Å²) in [6, 6.07) is 0. The van der Waals surface area contributed by atoms with E-state index in [9.17, 15) is 9.90 Å². The number of nitrogens with zero attached hydrogens (tertiary/aromatic N) is 2. The van der Waals surface area contributed by atoms with Crippen LogP contribution in [0.4, 0.5) is 5.82 Å². The number of rotatable bonds is 4. The third-order valence-corrected chi connectivity index (χ3v) is 3.24. The van der Waals surface area contributed by atoms with E-state index in [1.807, 2.05) is 13.0 Å². The van der Waals surface area contributed by atoms with Crippen LogP contribution in [0.2, 0.25) is 0 Å². The molecule has 0 radical (unpaired) electrons. The van der Waals surface area contributed by atoms with E-state index in [2.05, 4.69) is 4.98 Å². The topological polar surface area (TPSA) is 111 Å². The molecular formula is C13H19N3O4. The molecule has 1 saturated heterocycles. The maximum atomic E-state index is 11.9. The van der Waals surface area contributed by atoms with E-state index >= 15 is 0 Å². The minimum atomic E-state index is -0.802. The van der Waals surface area contributed by atoms with Gasteiger partial charge in [0.2, 0.25) is 0 Å². The lowest BCUT2D eigenvalue weighted by molar-refractivity contribution is -0.0458. The van der Waals surface area contributed by atoms with Gasteiger partial charge in [-0.25, -0.2) is 4.79 Å². The molecule has 7 nitrogen and oxygen atoms in total. The van der Waals surface area contributed by atoms with E-state index in [1.165, 1.54) is 4.57 Å². The molecule has 0 aromatic carbocycles. The highest BCUT2D eigenvalue weighted by molar-refractivity contribution is 5.59. The van der Waals surface area contributed by atoms with Crippen LogP contribution in [0.1, 0.15) is 31.6 Å². The van der Waals surface area contributed by atoms with Crippen LogP contribution in [0, 0.1) is 0 Å². The highest BCUT2D eigenvalue weighted by atomic mass is 16.5. The summed E-state index contributed by atoms with van der Waals surface area (Å²) in [4.78, 5) is 15.6. The average Bonchev–Trinajstić information content (AvgIpc) is 2.79. The predicted molar refractivity (Wildman–Crippen MR) is 73.9 cm³/mol. The number of aliphatic hydroxyl groups excluding tert-OH is 2. The van der Waals surface area contributed by atoms with Crippen molar-refractivity contribution in [1.82, 2.24) is 9.55 Å². The standard InChI is InChI=1S/C13H19N3O4/c1-2-3-4-8-6-16(13(19)15-12(8)14)11-5-9(18)10(7-17)20-11/h3-4,6,9-11,17-18H,2,5,7H2,1H3,(H2,14,15,19)/b4-3+/t9-,10+,11+/m0/s1. The van der Waals surface area contributed by atoms with Gasteiger partial charge in [0, 0.05) is 18.2 Å². The average molecular weight is 281 g/mol. The van der Waals surface area contributed by atoms with Crippen LogP contribution in [0.5, 0.6) is 0 Å². The minimum absolute atomic E-state index is 0.160. The molecule has 2 rings (SSSR count). The molecule has 1 aliphatic rings. The van der Waals surface area contributed by atoms with Crippen molar-refractivity contribution in [2.45, 2.75) is 38.2 Å². The zero-order valence-corrected chi connectivity index (χ0v) is 11.3. The number of allylic oxidation sites excluding steroid dienone is 1. The number of aromatic nitrogens is 2. The molecule has 3 atom stereocenters. The maximum Gasteiger partial charge on any atom is 0.351 e. The fraction of sp³-hybridized carbons (Fsp3) is 0.538. The van der Waals surface area contributed by atoms with Crippen LogP contribution in [-0.2, 0) is 4.74 Å². The molecular weight excluding hydrogens is 262 g/mol. The second kappa shape index (κ2) is 6.17. The van der Waals surface area contributed by atoms with E-state index in [-0.39, 0.29) is 18.8 Å². The molecule has 4 N–H and O–H groups in total. The minimum Gasteiger partial charge on any atom is -0.394 e. The van der Waals surface area contributed by atoms with Crippen LogP contribution in [-0.4, -0.2) is 38.6 Å². The Morgan fingerprint density at radius 1 is 1.65 bits per heavy atom. The molecule has 20 heavy (non-hydrogen) atoms. The van der Waals surface area contributed by atoms with Gasteiger partial charge in [-0.15, -0.1) is 0 Å². The molecule has 0 unspecified atom stereocenters. The molecule has 110 valence electrons. The zero-order valence-electron chi connectivity index (χ0n) is 11.3. The summed E-state index contributed by atoms with van der Waals surface area (Å²) in [6.07, 6.45) is 4.20. The van der Waals surface area contributed by atoms with Gasteiger partial charge in [-0.3, -0.25) is 4.57 Å². The predicted octanol–water partition coefficient (Wildman–Crippen LogP) is -0.111. The van der Waals surface area contributed by atoms with Crippen molar-refractivity contribution in [2.75, 3.05) is 12.3 Å². The first-order chi connectivity index (χ1) is 9.56. The largest absolute Gasteiger partial charge is 0.394 e. The van der Waals surface area contributed by atoms with Crippen molar-refractivity contribution in [1.29, 1.82) is 0 Å². The first kappa shape index (κ1) is 14.7. The van der Waals surface area contributed by atoms with Crippen molar-refractivity contribution in [3.8, 4) is 0 Å². The third-order valence-electron chi connectivity index (χ3n) is 3.24. The second-order valence-electron chi connectivity index (χ2n) is 4.70. The lowest BCUT2D eigenvalue weighted by Gasteiger charge is -2.15. The molecule has 7 heteroatoms. The molecule has 1 aromatic heterocycles. The normalized spacial score (nSPS) is 26.4. The number of hydrogen-bond acceptors (Lipinski definition) is 6. The van der Waals surface area contributed by atoms with Crippen molar-refractivity contribution in [2.24, 2.45) is 0 Å². The summed E-state index contributed by atoms with van der Waals surface area (Å²) >= 11 is 0. The molecule has 1 aromatic rings. The molecule has 1 aliphatic heterocycles. The van der Waals surface area contributed by atoms with Gasteiger partial charge in [0.1, 0.15) is 18.1 Å². The smallest absolute Gasteiger partial charge is 0.351 e. The van der Waals surface area contributed by atoms with E-state index in [1.54, 1.807) is 12.3 Å². The maximum absolute atomic E-state index is 11.9. The fourth-order valence-electron chi connectivity index (χ4n) is 2.13. The van der Waals surface area contributed by atoms with Crippen LogP contribution in [0.25, 0.3) is 6.08 Å². The van der Waals surface area contributed by atoms with Crippen LogP contribution in [0.15, 0.2) is 17.1 Å². The van der Waals surface area contributed by atoms with Gasteiger partial charge in [0.25, 0.3) is 0 Å². The van der Waals surface area contributed by atoms with Crippen LogP contribution < -0.4 is 11.4 Å². The Morgan fingerprint density at radius 3 is 3.00 bits per heavy atom. The number of ether oxygens (including phenoxy) is 1. The Bertz CT molecular complexity index is 555. The Morgan fingerprint density at radius 2 is 2.40 bits per heavy atom. The molecule has 0 aliphatic carbocycles. The van der Waals surface area contributed by atoms with Crippen molar-refractivity contribution < 1.29 is 14.9 Å². The summed E-state index contributed by atoms with van der Waals surface area (Å²) in [5.74, 6) is 0.160. The van der Waals surface area contributed by atoms with Gasteiger partial charge in [-0.1, -0.05) is 19.1 Å². The summed E-state index contributed by atoms with van der Waals surface area (Å²) in [7, 11) is 0. The third kappa shape index (κ3) is 2.90. The Kier molecular flexibility index (Phi) is 4.53. The molecule has 0 bridgehead atoms. The van der Waals surface area contributed by atoms with Gasteiger partial charge in [0.15, 0.2) is 0 Å². The summed E-state index contributed by atoms with van der Waals surface area (Å²) in [5, 5.41) is 18.8. The van der Waals surface area contributed by atoms with Gasteiger partial charge < -0.3 is 20.7 Å². The summed E-state index contributed by atoms with van der Waals surface area (Å²) in [6.45, 7) is 1.69. The Balaban J connectivity index is 2.32. The quantitative estimate of drug-likeness (QED) is 0.710. The molecule has 0 saturated carbocycles. The summed E-state index contributed by atoms with van der Waals surface area (Å²) in [5.41, 5.74) is 5.79. The fourth-order valence-corrected chi connectivity index (χ4v) is 2.13. The number of hydrogen-bond donors (Lipinski definition) is 3. The number of aliphatic hydroxyl groups is 2. The lowest BCUT2D eigenvalue weighted by atomic mass is 10.2. The molecule has 1 fully saturated rings. The monoisotopic (exact) mass is 281 g/mol. The molecule has 0 amide bonds. The first-order valence-electron chi connectivity index (χ1n) is 6.56. The van der Waals surface area contributed by atoms with Crippen LogP contribution >= 0.6 is 0 Å². The van der Waals surface area contributed by atoms with E-state index < -0.39 is 24.1 Å². The molecule has 0 spiro atoms. The SMILES string of the molecule is CC/C=C/c1cn([C@H]2C[C@H](O)[C@@H](CO)O2)c(=O)nc1N. The highest BCUT2D eigenvalue weighted by Gasteiger charge is 2.35. The van der Waals surface area contributed by atoms with E-state index in [0.29, 0.717) is 5.56 Å². The number of nitrogen functional groups attached to an aromatic ring is 1. The van der Waals surface area contributed by atoms with Gasteiger partial charge in [-0.2, -0.15) is 4.98 Å². The number of anilines is 1. The van der Waals surface area contributed by atoms with Crippen molar-refractivity contribution in [3.63, 3.8) is 0 Å². The second-order valence-corrected chi connectivity index (χ2v) is 4.70. The van der Waals surface area contributed by atoms with E-state index in [4.69, 9.17) is 15.6 Å². The first-order valence-corrected chi connectivity index (χ1v) is 6.56. The number of nitrogens with two attached hydrogens (primary N) is 1. The van der Waals surface area contributed by atoms with Crippen molar-refractivity contribution >= 4 is 11.9 Å². The molecule has 2 heterocycles. The zero-order chi connectivity index (χ0) is 14.7. The Hall–Kier alpha value is -1.70. The van der Waals surface area contributed by atoms with Gasteiger partial charge >= 0.3 is 5.69 Å². The van der Waals surface area contributed by atoms with Crippen molar-refractivity contribution in [3.05, 3.63) is 28.3 Å². The van der Waals surface area contributed by atoms with E-state index in [0.717, 1.165) is 6.42 Å². The Labute approximate surface area is 116 Å². The summed E-state index contributed by atoms with van der Waals surface area (Å²) < 4.78 is 6.74. The van der Waals surface area contributed by atoms with Gasteiger partial charge in [0.05, 0.1) is 12.7 Å². The highest BCUT2D eigenvalue weighted by Crippen LogP contribution is 2.27. The lowest BCUT2D eigenvalue weighted by Crippen LogP contribution is -2.28. The van der Waals surface area contributed by atoms with Crippen LogP contribution in [0.3, 0.4) is 0 Å². The van der Waals surface area contributed by atoms with Gasteiger partial charge in [-0.05, 0) is 6.42 Å².